The maximum atomic E-state index is 9.48. The van der Waals surface area contributed by atoms with Crippen molar-refractivity contribution in [3.63, 3.8) is 0 Å². The predicted octanol–water partition coefficient (Wildman–Crippen LogP) is 3.58. The molecule has 0 amide bonds. The van der Waals surface area contributed by atoms with E-state index in [4.69, 9.17) is 12.2 Å². The van der Waals surface area contributed by atoms with Crippen LogP contribution in [0, 0.1) is 4.77 Å². The van der Waals surface area contributed by atoms with E-state index < -0.39 is 0 Å². The fraction of sp³-hybridized carbons (Fsp3) is 0.400. The molecule has 0 saturated heterocycles. The predicted molar refractivity (Wildman–Crippen MR) is 84.3 cm³/mol. The first-order valence-corrected chi connectivity index (χ1v) is 7.65. The summed E-state index contributed by atoms with van der Waals surface area (Å²) in [5.41, 5.74) is 0.827. The van der Waals surface area contributed by atoms with Crippen molar-refractivity contribution in [3.8, 4) is 5.75 Å². The molecule has 1 aromatic carbocycles. The van der Waals surface area contributed by atoms with Gasteiger partial charge in [-0.05, 0) is 42.8 Å². The number of aromatic amines is 1. The summed E-state index contributed by atoms with van der Waals surface area (Å²) in [5, 5.41) is 21.1. The molecular formula is C15H18N4OS. The highest BCUT2D eigenvalue weighted by Crippen LogP contribution is 2.31. The van der Waals surface area contributed by atoms with Crippen molar-refractivity contribution in [2.75, 3.05) is 0 Å². The second-order valence-corrected chi connectivity index (χ2v) is 5.76. The summed E-state index contributed by atoms with van der Waals surface area (Å²) in [5.74, 6) is 1.56. The van der Waals surface area contributed by atoms with Gasteiger partial charge in [0.05, 0.1) is 6.21 Å². The molecule has 1 aliphatic carbocycles. The second kappa shape index (κ2) is 6.22. The van der Waals surface area contributed by atoms with Gasteiger partial charge in [-0.3, -0.25) is 5.10 Å². The Hall–Kier alpha value is -1.95. The lowest BCUT2D eigenvalue weighted by atomic mass is 9.89. The van der Waals surface area contributed by atoms with Gasteiger partial charge in [0.1, 0.15) is 5.75 Å². The Morgan fingerprint density at radius 2 is 2.14 bits per heavy atom. The molecule has 2 aromatic rings. The van der Waals surface area contributed by atoms with Crippen molar-refractivity contribution in [2.24, 2.45) is 5.10 Å². The third-order valence-corrected chi connectivity index (χ3v) is 4.10. The maximum Gasteiger partial charge on any atom is 0.216 e. The van der Waals surface area contributed by atoms with Crippen molar-refractivity contribution < 1.29 is 5.11 Å². The number of nitrogens with one attached hydrogen (secondary N) is 1. The van der Waals surface area contributed by atoms with Gasteiger partial charge in [0.15, 0.2) is 5.82 Å². The van der Waals surface area contributed by atoms with Gasteiger partial charge in [0, 0.05) is 5.92 Å². The first kappa shape index (κ1) is 14.0. The van der Waals surface area contributed by atoms with Crippen LogP contribution < -0.4 is 0 Å². The number of phenols is 1. The van der Waals surface area contributed by atoms with Gasteiger partial charge in [-0.2, -0.15) is 14.9 Å². The Morgan fingerprint density at radius 1 is 1.33 bits per heavy atom. The largest absolute Gasteiger partial charge is 0.508 e. The zero-order valence-corrected chi connectivity index (χ0v) is 12.5. The molecule has 110 valence electrons. The topological polar surface area (TPSA) is 66.2 Å². The van der Waals surface area contributed by atoms with Crippen LogP contribution in [-0.4, -0.2) is 26.2 Å². The summed E-state index contributed by atoms with van der Waals surface area (Å²) in [6.45, 7) is 0. The number of aromatic hydroxyl groups is 1. The Morgan fingerprint density at radius 3 is 2.90 bits per heavy atom. The number of hydrogen-bond donors (Lipinski definition) is 2. The molecule has 6 heteroatoms. The minimum absolute atomic E-state index is 0.224. The van der Waals surface area contributed by atoms with Gasteiger partial charge in [-0.1, -0.05) is 31.4 Å². The molecule has 0 radical (unpaired) electrons. The van der Waals surface area contributed by atoms with Gasteiger partial charge in [0.25, 0.3) is 0 Å². The number of nitrogens with zero attached hydrogens (tertiary/aromatic N) is 3. The lowest BCUT2D eigenvalue weighted by Crippen LogP contribution is -2.10. The number of hydrogen-bond acceptors (Lipinski definition) is 4. The highest BCUT2D eigenvalue weighted by atomic mass is 32.1. The van der Waals surface area contributed by atoms with E-state index in [1.54, 1.807) is 29.1 Å². The Bertz CT molecular complexity index is 698. The summed E-state index contributed by atoms with van der Waals surface area (Å²) < 4.78 is 2.21. The first-order valence-electron chi connectivity index (χ1n) is 7.25. The molecule has 1 heterocycles. The molecule has 5 nitrogen and oxygen atoms in total. The van der Waals surface area contributed by atoms with Gasteiger partial charge in [-0.15, -0.1) is 0 Å². The zero-order chi connectivity index (χ0) is 14.7. The summed E-state index contributed by atoms with van der Waals surface area (Å²) in [6, 6.07) is 6.96. The summed E-state index contributed by atoms with van der Waals surface area (Å²) >= 11 is 5.27. The van der Waals surface area contributed by atoms with Gasteiger partial charge >= 0.3 is 0 Å². The van der Waals surface area contributed by atoms with Crippen LogP contribution in [0.2, 0.25) is 0 Å². The van der Waals surface area contributed by atoms with E-state index in [1.165, 1.54) is 19.3 Å². The first-order chi connectivity index (χ1) is 10.2. The molecule has 0 spiro atoms. The quantitative estimate of drug-likeness (QED) is 0.673. The molecule has 3 rings (SSSR count). The van der Waals surface area contributed by atoms with Crippen molar-refractivity contribution in [1.82, 2.24) is 14.9 Å². The van der Waals surface area contributed by atoms with Crippen molar-refractivity contribution >= 4 is 18.4 Å². The molecular weight excluding hydrogens is 284 g/mol. The molecule has 0 bridgehead atoms. The van der Waals surface area contributed by atoms with Crippen molar-refractivity contribution in [1.29, 1.82) is 0 Å². The lowest BCUT2D eigenvalue weighted by Gasteiger charge is -2.19. The van der Waals surface area contributed by atoms with Crippen LogP contribution in [-0.2, 0) is 0 Å². The third-order valence-electron chi connectivity index (χ3n) is 3.84. The van der Waals surface area contributed by atoms with Crippen LogP contribution in [0.3, 0.4) is 0 Å². The summed E-state index contributed by atoms with van der Waals surface area (Å²) in [4.78, 5) is 0. The van der Waals surface area contributed by atoms with Crippen LogP contribution in [0.5, 0.6) is 5.75 Å². The van der Waals surface area contributed by atoms with Crippen molar-refractivity contribution in [2.45, 2.75) is 38.0 Å². The average molecular weight is 302 g/mol. The molecule has 1 saturated carbocycles. The lowest BCUT2D eigenvalue weighted by molar-refractivity contribution is 0.419. The average Bonchev–Trinajstić information content (AvgIpc) is 2.87. The number of aromatic nitrogens is 3. The molecule has 0 aliphatic heterocycles. The van der Waals surface area contributed by atoms with E-state index in [0.717, 1.165) is 24.2 Å². The van der Waals surface area contributed by atoms with Crippen LogP contribution in [0.25, 0.3) is 0 Å². The molecule has 21 heavy (non-hydrogen) atoms. The number of benzene rings is 1. The molecule has 1 aliphatic rings. The van der Waals surface area contributed by atoms with Gasteiger partial charge < -0.3 is 5.11 Å². The normalized spacial score (nSPS) is 16.6. The number of H-pyrrole nitrogens is 1. The van der Waals surface area contributed by atoms with Crippen LogP contribution in [0.1, 0.15) is 49.4 Å². The third kappa shape index (κ3) is 3.21. The minimum Gasteiger partial charge on any atom is -0.508 e. The monoisotopic (exact) mass is 302 g/mol. The molecule has 1 aromatic heterocycles. The second-order valence-electron chi connectivity index (χ2n) is 5.37. The van der Waals surface area contributed by atoms with E-state index in [2.05, 4.69) is 15.3 Å². The minimum atomic E-state index is 0.224. The van der Waals surface area contributed by atoms with Crippen LogP contribution >= 0.6 is 12.2 Å². The van der Waals surface area contributed by atoms with E-state index in [0.29, 0.717) is 10.7 Å². The van der Waals surface area contributed by atoms with Gasteiger partial charge in [0.2, 0.25) is 4.77 Å². The number of rotatable bonds is 3. The highest BCUT2D eigenvalue weighted by Gasteiger charge is 2.21. The smallest absolute Gasteiger partial charge is 0.216 e. The summed E-state index contributed by atoms with van der Waals surface area (Å²) in [6.07, 6.45) is 7.75. The standard InChI is InChI=1S/C15H18N4OS/c20-13-8-4-5-11(9-13)10-16-19-14(17-18-15(19)21)12-6-2-1-3-7-12/h4-5,8-10,12,20H,1-3,6-7H2,(H,18,21)/b16-10-. The number of phenolic OH excluding ortho intramolecular Hbond substituents is 1. The van der Waals surface area contributed by atoms with Crippen LogP contribution in [0.15, 0.2) is 29.4 Å². The maximum absolute atomic E-state index is 9.48. The highest BCUT2D eigenvalue weighted by molar-refractivity contribution is 7.71. The zero-order valence-electron chi connectivity index (χ0n) is 11.7. The Labute approximate surface area is 128 Å². The Balaban J connectivity index is 1.88. The molecule has 0 atom stereocenters. The van der Waals surface area contributed by atoms with E-state index in [-0.39, 0.29) is 5.75 Å². The van der Waals surface area contributed by atoms with E-state index in [1.807, 2.05) is 6.07 Å². The SMILES string of the molecule is Oc1cccc(/C=N\n2c(C3CCCCC3)n[nH]c2=S)c1. The van der Waals surface area contributed by atoms with Crippen LogP contribution in [0.4, 0.5) is 0 Å². The molecule has 2 N–H and O–H groups in total. The fourth-order valence-corrected chi connectivity index (χ4v) is 2.96. The van der Waals surface area contributed by atoms with Gasteiger partial charge in [-0.25, -0.2) is 0 Å². The molecule has 1 fully saturated rings. The summed E-state index contributed by atoms with van der Waals surface area (Å²) in [7, 11) is 0. The van der Waals surface area contributed by atoms with Crippen molar-refractivity contribution in [3.05, 3.63) is 40.4 Å². The van der Waals surface area contributed by atoms with E-state index >= 15 is 0 Å². The molecule has 0 unspecified atom stereocenters. The fourth-order valence-electron chi connectivity index (χ4n) is 2.77. The Kier molecular flexibility index (Phi) is 4.15. The van der Waals surface area contributed by atoms with E-state index in [9.17, 15) is 5.11 Å².